The summed E-state index contributed by atoms with van der Waals surface area (Å²) in [6.45, 7) is 0. The molecule has 0 N–H and O–H groups in total. The van der Waals surface area contributed by atoms with E-state index >= 15 is 0 Å². The molecule has 0 saturated heterocycles. The number of halogens is 2. The summed E-state index contributed by atoms with van der Waals surface area (Å²) in [5, 5.41) is 4.98. The fourth-order valence-electron chi connectivity index (χ4n) is 3.94. The maximum absolute atomic E-state index is 6.38. The number of rotatable bonds is 5. The van der Waals surface area contributed by atoms with Crippen molar-refractivity contribution in [2.24, 2.45) is 0 Å². The molecule has 0 saturated carbocycles. The van der Waals surface area contributed by atoms with Gasteiger partial charge in [0, 0.05) is 0 Å². The van der Waals surface area contributed by atoms with Gasteiger partial charge in [-0.25, -0.2) is 0 Å². The predicted octanol–water partition coefficient (Wildman–Crippen LogP) is 6.33. The van der Waals surface area contributed by atoms with E-state index in [-0.39, 0.29) is 0 Å². The second-order valence-electron chi connectivity index (χ2n) is 6.92. The summed E-state index contributed by atoms with van der Waals surface area (Å²) in [4.78, 5) is 0. The fourth-order valence-corrected chi connectivity index (χ4v) is 9.54. The zero-order valence-electron chi connectivity index (χ0n) is 15.4. The van der Waals surface area contributed by atoms with Crippen LogP contribution in [0.1, 0.15) is 5.56 Å². The summed E-state index contributed by atoms with van der Waals surface area (Å²) >= 11 is 10.1. The molecule has 4 rings (SSSR count). The van der Waals surface area contributed by atoms with Crippen molar-refractivity contribution in [3.63, 3.8) is 0 Å². The monoisotopic (exact) mass is 466 g/mol. The zero-order chi connectivity index (χ0) is 19.4. The van der Waals surface area contributed by atoms with Gasteiger partial charge in [-0.1, -0.05) is 0 Å². The molecule has 0 unspecified atom stereocenters. The van der Waals surface area contributed by atoms with Gasteiger partial charge in [0.05, 0.1) is 0 Å². The van der Waals surface area contributed by atoms with Crippen LogP contribution in [-0.2, 0) is 6.16 Å². The number of benzene rings is 4. The molecule has 0 spiro atoms. The summed E-state index contributed by atoms with van der Waals surface area (Å²) in [5.41, 5.74) is 1.25. The zero-order valence-corrected chi connectivity index (χ0v) is 18.7. The van der Waals surface area contributed by atoms with Crippen LogP contribution in [0.2, 0.25) is 5.02 Å². The van der Waals surface area contributed by atoms with Crippen LogP contribution < -0.4 is 15.9 Å². The Morgan fingerprint density at radius 2 is 1.04 bits per heavy atom. The third kappa shape index (κ3) is 3.80. The Bertz CT molecular complexity index is 953. The van der Waals surface area contributed by atoms with Crippen molar-refractivity contribution >= 4 is 50.7 Å². The summed E-state index contributed by atoms with van der Waals surface area (Å²) in [5.74, 6) is 0. The topological polar surface area (TPSA) is 0 Å². The molecular weight excluding hydrogens is 447 g/mol. The van der Waals surface area contributed by atoms with E-state index in [1.165, 1.54) is 21.5 Å². The Hall–Kier alpha value is -1.92. The molecule has 140 valence electrons. The molecule has 4 aromatic carbocycles. The van der Waals surface area contributed by atoms with Crippen molar-refractivity contribution < 1.29 is 0 Å². The van der Waals surface area contributed by atoms with E-state index in [2.05, 4.69) is 119 Å². The van der Waals surface area contributed by atoms with Crippen LogP contribution in [0.15, 0.2) is 114 Å². The van der Waals surface area contributed by atoms with Crippen molar-refractivity contribution in [2.45, 2.75) is 6.16 Å². The minimum absolute atomic E-state index is 0.773. The van der Waals surface area contributed by atoms with Gasteiger partial charge in [0.25, 0.3) is 0 Å². The summed E-state index contributed by atoms with van der Waals surface area (Å²) in [6, 6.07) is 39.0. The molecule has 4 aromatic rings. The van der Waals surface area contributed by atoms with Gasteiger partial charge in [0.1, 0.15) is 0 Å². The molecule has 3 heteroatoms. The molecule has 0 amide bonds. The second-order valence-corrected chi connectivity index (χ2v) is 12.1. The first kappa shape index (κ1) is 19.4. The van der Waals surface area contributed by atoms with Crippen LogP contribution in [-0.4, -0.2) is 0 Å². The molecule has 0 radical (unpaired) electrons. The van der Waals surface area contributed by atoms with E-state index in [0.717, 1.165) is 15.7 Å². The van der Waals surface area contributed by atoms with Gasteiger partial charge in [0.15, 0.2) is 0 Å². The van der Waals surface area contributed by atoms with E-state index in [1.54, 1.807) is 0 Å². The van der Waals surface area contributed by atoms with Gasteiger partial charge in [-0.2, -0.15) is 0 Å². The van der Waals surface area contributed by atoms with Crippen molar-refractivity contribution in [1.82, 2.24) is 0 Å². The number of hydrogen-bond donors (Lipinski definition) is 0. The first-order valence-electron chi connectivity index (χ1n) is 9.31. The molecule has 28 heavy (non-hydrogen) atoms. The minimum atomic E-state index is -2.31. The SMILES string of the molecule is Clc1ccc(Br)c(C[PH](c2ccccc2)(c2ccccc2)c2ccccc2)c1. The molecule has 0 bridgehead atoms. The molecule has 0 atom stereocenters. The fraction of sp³-hybridized carbons (Fsp3) is 0.0400. The standard InChI is InChI=1S/C25H21BrClP/c26-25-17-16-21(27)18-20(25)19-28(22-10-4-1-5-11-22,23-12-6-2-7-13-23)24-14-8-3-9-15-24/h1-18,28H,19H2. The summed E-state index contributed by atoms with van der Waals surface area (Å²) in [7, 11) is -2.31. The van der Waals surface area contributed by atoms with Gasteiger partial charge < -0.3 is 0 Å². The van der Waals surface area contributed by atoms with Gasteiger partial charge >= 0.3 is 181 Å². The van der Waals surface area contributed by atoms with Crippen molar-refractivity contribution in [3.8, 4) is 0 Å². The van der Waals surface area contributed by atoms with Crippen molar-refractivity contribution in [2.75, 3.05) is 0 Å². The quantitative estimate of drug-likeness (QED) is 0.301. The van der Waals surface area contributed by atoms with Crippen molar-refractivity contribution in [3.05, 3.63) is 124 Å². The summed E-state index contributed by atoms with van der Waals surface area (Å²) in [6.07, 6.45) is 0.937. The van der Waals surface area contributed by atoms with Gasteiger partial charge in [0.2, 0.25) is 0 Å². The predicted molar refractivity (Wildman–Crippen MR) is 129 cm³/mol. The third-order valence-corrected chi connectivity index (χ3v) is 11.1. The maximum atomic E-state index is 6.38. The normalized spacial score (nSPS) is 11.9. The molecule has 0 aromatic heterocycles. The van der Waals surface area contributed by atoms with E-state index in [4.69, 9.17) is 11.6 Å². The van der Waals surface area contributed by atoms with Gasteiger partial charge in [-0.15, -0.1) is 0 Å². The van der Waals surface area contributed by atoms with E-state index < -0.39 is 7.26 Å². The Morgan fingerprint density at radius 1 is 0.607 bits per heavy atom. The molecule has 0 aliphatic heterocycles. The van der Waals surface area contributed by atoms with Crippen LogP contribution in [0.3, 0.4) is 0 Å². The Labute approximate surface area is 180 Å². The Morgan fingerprint density at radius 3 is 1.46 bits per heavy atom. The van der Waals surface area contributed by atoms with E-state index in [9.17, 15) is 0 Å². The molecule has 0 fully saturated rings. The Balaban J connectivity index is 2.02. The average Bonchev–Trinajstić information content (AvgIpc) is 2.76. The van der Waals surface area contributed by atoms with Gasteiger partial charge in [-0.05, 0) is 0 Å². The summed E-state index contributed by atoms with van der Waals surface area (Å²) < 4.78 is 1.11. The molecule has 0 nitrogen and oxygen atoms in total. The number of hydrogen-bond acceptors (Lipinski definition) is 0. The first-order valence-corrected chi connectivity index (χ1v) is 12.7. The van der Waals surface area contributed by atoms with Crippen LogP contribution in [0.4, 0.5) is 0 Å². The van der Waals surface area contributed by atoms with Crippen LogP contribution in [0.5, 0.6) is 0 Å². The van der Waals surface area contributed by atoms with Crippen LogP contribution in [0, 0.1) is 0 Å². The first-order chi connectivity index (χ1) is 13.7. The van der Waals surface area contributed by atoms with E-state index in [1.807, 2.05) is 6.07 Å². The molecular formula is C25H21BrClP. The molecule has 0 aliphatic rings. The average molecular weight is 468 g/mol. The van der Waals surface area contributed by atoms with Crippen molar-refractivity contribution in [1.29, 1.82) is 0 Å². The molecule has 0 heterocycles. The second kappa shape index (κ2) is 8.62. The molecule has 0 aliphatic carbocycles. The van der Waals surface area contributed by atoms with E-state index in [0.29, 0.717) is 0 Å². The van der Waals surface area contributed by atoms with Crippen LogP contribution >= 0.6 is 34.8 Å². The Kier molecular flexibility index (Phi) is 5.97. The van der Waals surface area contributed by atoms with Gasteiger partial charge in [-0.3, -0.25) is 0 Å². The van der Waals surface area contributed by atoms with Crippen LogP contribution in [0.25, 0.3) is 0 Å². The third-order valence-electron chi connectivity index (χ3n) is 5.26.